The van der Waals surface area contributed by atoms with E-state index in [1.165, 1.54) is 22.3 Å². The van der Waals surface area contributed by atoms with Gasteiger partial charge in [-0.2, -0.15) is 0 Å². The van der Waals surface area contributed by atoms with Crippen LogP contribution in [-0.2, 0) is 0 Å². The summed E-state index contributed by atoms with van der Waals surface area (Å²) >= 11 is 0. The zero-order valence-corrected chi connectivity index (χ0v) is 11.7. The van der Waals surface area contributed by atoms with E-state index in [-0.39, 0.29) is 0 Å². The lowest BCUT2D eigenvalue weighted by molar-refractivity contribution is 0.287. The number of rotatable bonds is 0. The Hall–Kier alpha value is -1.60. The molecule has 0 spiro atoms. The van der Waals surface area contributed by atoms with Crippen LogP contribution in [0, 0.1) is 0 Å². The van der Waals surface area contributed by atoms with Crippen LogP contribution in [0.5, 0.6) is 0 Å². The highest BCUT2D eigenvalue weighted by molar-refractivity contribution is 5.59. The quantitative estimate of drug-likeness (QED) is 0.672. The van der Waals surface area contributed by atoms with Gasteiger partial charge in [0, 0.05) is 5.92 Å². The van der Waals surface area contributed by atoms with E-state index in [2.05, 4.69) is 68.3 Å². The molecule has 0 saturated heterocycles. The van der Waals surface area contributed by atoms with Gasteiger partial charge in [0.25, 0.3) is 0 Å². The first-order chi connectivity index (χ1) is 9.18. The molecule has 0 radical (unpaired) electrons. The predicted molar refractivity (Wildman–Crippen MR) is 79.1 cm³/mol. The third kappa shape index (κ3) is 1.34. The van der Waals surface area contributed by atoms with E-state index in [1.54, 1.807) is 5.57 Å². The van der Waals surface area contributed by atoms with Gasteiger partial charge in [-0.15, -0.1) is 0 Å². The van der Waals surface area contributed by atoms with Crippen molar-refractivity contribution in [2.24, 2.45) is 0 Å². The van der Waals surface area contributed by atoms with Crippen LogP contribution in [0.3, 0.4) is 0 Å². The first-order valence-electron chi connectivity index (χ1n) is 7.09. The summed E-state index contributed by atoms with van der Waals surface area (Å²) in [7, 11) is 2.26. The summed E-state index contributed by atoms with van der Waals surface area (Å²) in [5.74, 6) is 0.555. The van der Waals surface area contributed by atoms with Crippen molar-refractivity contribution in [2.75, 3.05) is 7.05 Å². The zero-order chi connectivity index (χ0) is 13.1. The van der Waals surface area contributed by atoms with Gasteiger partial charge in [-0.1, -0.05) is 55.0 Å². The molecule has 1 heteroatoms. The fourth-order valence-corrected chi connectivity index (χ4v) is 4.07. The predicted octanol–water partition coefficient (Wildman–Crippen LogP) is 3.97. The standard InChI is InChI=1S/C18H19N/c1-11-8-9-16-15(10-11)17-12(2)13-6-4-5-7-14(13)18(17)19(16)3/h4-10,12,16,18H,1-3H3. The van der Waals surface area contributed by atoms with Gasteiger partial charge in [0.1, 0.15) is 0 Å². The lowest BCUT2D eigenvalue weighted by atomic mass is 9.91. The Morgan fingerprint density at radius 2 is 1.84 bits per heavy atom. The van der Waals surface area contributed by atoms with Crippen LogP contribution in [0.4, 0.5) is 0 Å². The molecule has 96 valence electrons. The van der Waals surface area contributed by atoms with Crippen molar-refractivity contribution in [3.63, 3.8) is 0 Å². The Bertz CT molecular complexity index is 647. The summed E-state index contributed by atoms with van der Waals surface area (Å²) < 4.78 is 0. The number of allylic oxidation sites excluding steroid dienone is 2. The van der Waals surface area contributed by atoms with E-state index in [9.17, 15) is 0 Å². The van der Waals surface area contributed by atoms with Crippen LogP contribution in [0.2, 0.25) is 0 Å². The van der Waals surface area contributed by atoms with Gasteiger partial charge in [-0.05, 0) is 36.2 Å². The molecule has 19 heavy (non-hydrogen) atoms. The zero-order valence-electron chi connectivity index (χ0n) is 11.7. The lowest BCUT2D eigenvalue weighted by Crippen LogP contribution is -2.29. The molecule has 0 fully saturated rings. The van der Waals surface area contributed by atoms with Crippen molar-refractivity contribution in [3.05, 3.63) is 70.3 Å². The van der Waals surface area contributed by atoms with Crippen LogP contribution < -0.4 is 0 Å². The van der Waals surface area contributed by atoms with Gasteiger partial charge in [-0.3, -0.25) is 4.90 Å². The number of fused-ring (bicyclic) bond motifs is 4. The Balaban J connectivity index is 1.96. The fourth-order valence-electron chi connectivity index (χ4n) is 4.07. The van der Waals surface area contributed by atoms with E-state index in [0.29, 0.717) is 18.0 Å². The average Bonchev–Trinajstić information content (AvgIpc) is 2.86. The topological polar surface area (TPSA) is 3.24 Å². The van der Waals surface area contributed by atoms with E-state index in [1.807, 2.05) is 0 Å². The first-order valence-corrected chi connectivity index (χ1v) is 7.09. The molecular weight excluding hydrogens is 230 g/mol. The molecule has 4 rings (SSSR count). The second kappa shape index (κ2) is 3.71. The molecule has 0 N–H and O–H groups in total. The number of benzene rings is 1. The lowest BCUT2D eigenvalue weighted by Gasteiger charge is -2.26. The molecule has 0 saturated carbocycles. The highest BCUT2D eigenvalue weighted by Crippen LogP contribution is 2.54. The molecule has 0 amide bonds. The van der Waals surface area contributed by atoms with Crippen LogP contribution in [0.25, 0.3) is 0 Å². The van der Waals surface area contributed by atoms with Crippen LogP contribution >= 0.6 is 0 Å². The number of nitrogens with zero attached hydrogens (tertiary/aromatic N) is 1. The van der Waals surface area contributed by atoms with Gasteiger partial charge in [0.15, 0.2) is 0 Å². The van der Waals surface area contributed by atoms with E-state index in [0.717, 1.165) is 0 Å². The SMILES string of the molecule is CC1=CC2=C3C(C)c4ccccc4C3N(C)C2C=C1. The second-order valence-corrected chi connectivity index (χ2v) is 6.02. The van der Waals surface area contributed by atoms with E-state index < -0.39 is 0 Å². The smallest absolute Gasteiger partial charge is 0.0581 e. The molecule has 1 aromatic carbocycles. The molecule has 2 aliphatic carbocycles. The highest BCUT2D eigenvalue weighted by Gasteiger charge is 2.45. The van der Waals surface area contributed by atoms with Gasteiger partial charge in [0.2, 0.25) is 0 Å². The summed E-state index contributed by atoms with van der Waals surface area (Å²) in [4.78, 5) is 2.52. The largest absolute Gasteiger partial charge is 0.285 e. The van der Waals surface area contributed by atoms with Gasteiger partial charge in [0.05, 0.1) is 12.1 Å². The molecule has 3 atom stereocenters. The third-order valence-corrected chi connectivity index (χ3v) is 4.94. The fraction of sp³-hybridized carbons (Fsp3) is 0.333. The van der Waals surface area contributed by atoms with Crippen LogP contribution in [-0.4, -0.2) is 18.0 Å². The van der Waals surface area contributed by atoms with E-state index in [4.69, 9.17) is 0 Å². The normalized spacial score (nSPS) is 32.2. The van der Waals surface area contributed by atoms with Crippen LogP contribution in [0.15, 0.2) is 59.2 Å². The monoisotopic (exact) mass is 249 g/mol. The Morgan fingerprint density at radius 3 is 2.63 bits per heavy atom. The van der Waals surface area contributed by atoms with Crippen molar-refractivity contribution in [3.8, 4) is 0 Å². The average molecular weight is 249 g/mol. The van der Waals surface area contributed by atoms with Crippen LogP contribution in [0.1, 0.15) is 36.9 Å². The van der Waals surface area contributed by atoms with Gasteiger partial charge < -0.3 is 0 Å². The Labute approximate surface area is 114 Å². The molecule has 1 aliphatic heterocycles. The summed E-state index contributed by atoms with van der Waals surface area (Å²) in [6, 6.07) is 9.90. The molecule has 1 nitrogen and oxygen atoms in total. The molecular formula is C18H19N. The summed E-state index contributed by atoms with van der Waals surface area (Å²) in [6.07, 6.45) is 6.99. The van der Waals surface area contributed by atoms with Crippen molar-refractivity contribution in [1.29, 1.82) is 0 Å². The maximum absolute atomic E-state index is 2.52. The molecule has 0 aromatic heterocycles. The van der Waals surface area contributed by atoms with Crippen molar-refractivity contribution in [1.82, 2.24) is 4.90 Å². The molecule has 0 bridgehead atoms. The summed E-state index contributed by atoms with van der Waals surface area (Å²) in [5.41, 5.74) is 7.55. The number of hydrogen-bond acceptors (Lipinski definition) is 1. The molecule has 3 aliphatic rings. The first kappa shape index (κ1) is 11.2. The van der Waals surface area contributed by atoms with Crippen molar-refractivity contribution < 1.29 is 0 Å². The Morgan fingerprint density at radius 1 is 1.11 bits per heavy atom. The van der Waals surface area contributed by atoms with Crippen molar-refractivity contribution in [2.45, 2.75) is 31.8 Å². The summed E-state index contributed by atoms with van der Waals surface area (Å²) in [5, 5.41) is 0. The number of likely N-dealkylation sites (N-methyl/N-ethyl adjacent to an activating group) is 1. The molecule has 1 heterocycles. The van der Waals surface area contributed by atoms with E-state index >= 15 is 0 Å². The summed E-state index contributed by atoms with van der Waals surface area (Å²) in [6.45, 7) is 4.55. The highest BCUT2D eigenvalue weighted by atomic mass is 15.2. The molecule has 3 unspecified atom stereocenters. The maximum atomic E-state index is 2.52. The minimum Gasteiger partial charge on any atom is -0.285 e. The maximum Gasteiger partial charge on any atom is 0.0581 e. The minimum atomic E-state index is 0.472. The Kier molecular flexibility index (Phi) is 2.19. The molecule has 1 aromatic rings. The third-order valence-electron chi connectivity index (χ3n) is 4.94. The van der Waals surface area contributed by atoms with Crippen molar-refractivity contribution >= 4 is 0 Å². The van der Waals surface area contributed by atoms with Gasteiger partial charge in [-0.25, -0.2) is 0 Å². The second-order valence-electron chi connectivity index (χ2n) is 6.02. The number of hydrogen-bond donors (Lipinski definition) is 0. The minimum absolute atomic E-state index is 0.472. The van der Waals surface area contributed by atoms with Gasteiger partial charge >= 0.3 is 0 Å².